The molecule has 1 amide bonds. The second-order valence-electron chi connectivity index (χ2n) is 7.90. The summed E-state index contributed by atoms with van der Waals surface area (Å²) in [6.07, 6.45) is 3.72. The van der Waals surface area contributed by atoms with Gasteiger partial charge in [0.25, 0.3) is 5.91 Å². The number of halogens is 1. The molecule has 0 aliphatic carbocycles. The first-order valence-corrected chi connectivity index (χ1v) is 12.1. The molecule has 0 saturated carbocycles. The zero-order valence-corrected chi connectivity index (χ0v) is 19.1. The summed E-state index contributed by atoms with van der Waals surface area (Å²) in [5, 5.41) is 0.337. The molecule has 2 rings (SSSR count). The smallest absolute Gasteiger partial charge is 0.254 e. The van der Waals surface area contributed by atoms with E-state index in [0.29, 0.717) is 54.2 Å². The monoisotopic (exact) mass is 446 g/mol. The molecule has 9 heteroatoms. The van der Waals surface area contributed by atoms with Crippen LogP contribution in [0.5, 0.6) is 11.5 Å². The Kier molecular flexibility index (Phi) is 8.60. The summed E-state index contributed by atoms with van der Waals surface area (Å²) in [6.45, 7) is 6.19. The van der Waals surface area contributed by atoms with Gasteiger partial charge in [-0.25, -0.2) is 13.1 Å². The highest BCUT2D eigenvalue weighted by Crippen LogP contribution is 2.37. The Balaban J connectivity index is 2.10. The van der Waals surface area contributed by atoms with Gasteiger partial charge in [0.1, 0.15) is 0 Å². The van der Waals surface area contributed by atoms with Gasteiger partial charge in [0, 0.05) is 25.2 Å². The van der Waals surface area contributed by atoms with Gasteiger partial charge in [0.2, 0.25) is 10.0 Å². The molecule has 1 heterocycles. The van der Waals surface area contributed by atoms with Crippen molar-refractivity contribution >= 4 is 27.5 Å². The first-order valence-electron chi connectivity index (χ1n) is 9.85. The lowest BCUT2D eigenvalue weighted by Crippen LogP contribution is -2.43. The molecule has 0 bridgehead atoms. The van der Waals surface area contributed by atoms with Crippen LogP contribution in [0.15, 0.2) is 12.1 Å². The van der Waals surface area contributed by atoms with Crippen LogP contribution in [0.1, 0.15) is 43.5 Å². The minimum absolute atomic E-state index is 0.0819. The molecule has 1 aliphatic rings. The van der Waals surface area contributed by atoms with Gasteiger partial charge in [0.15, 0.2) is 11.5 Å². The van der Waals surface area contributed by atoms with Crippen LogP contribution in [-0.2, 0) is 10.0 Å². The highest BCUT2D eigenvalue weighted by molar-refractivity contribution is 7.88. The summed E-state index contributed by atoms with van der Waals surface area (Å²) < 4.78 is 36.4. The number of hydrogen-bond donors (Lipinski definition) is 1. The minimum atomic E-state index is -3.25. The largest absolute Gasteiger partial charge is 0.493 e. The van der Waals surface area contributed by atoms with Crippen molar-refractivity contribution in [3.05, 3.63) is 22.7 Å². The van der Waals surface area contributed by atoms with Crippen molar-refractivity contribution < 1.29 is 22.7 Å². The van der Waals surface area contributed by atoms with E-state index in [1.54, 1.807) is 17.0 Å². The molecule has 164 valence electrons. The third-order valence-electron chi connectivity index (χ3n) is 4.86. The van der Waals surface area contributed by atoms with E-state index in [0.717, 1.165) is 25.5 Å². The Morgan fingerprint density at radius 3 is 2.72 bits per heavy atom. The second-order valence-corrected chi connectivity index (χ2v) is 10.1. The number of ether oxygens (including phenoxy) is 2. The maximum Gasteiger partial charge on any atom is 0.254 e. The molecule has 1 atom stereocenters. The first kappa shape index (κ1) is 23.8. The molecule has 1 unspecified atom stereocenters. The Bertz CT molecular complexity index is 813. The number of sulfonamides is 1. The number of carbonyl (C=O) groups excluding carboxylic acids is 1. The van der Waals surface area contributed by atoms with Crippen molar-refractivity contribution in [2.24, 2.45) is 11.8 Å². The standard InChI is InChI=1S/C20H31ClN2O5S/c1-14(2)7-9-28-19-17(21)10-16(11-18(19)27-3)20(24)23-8-5-6-15(13-23)12-22-29(4,25)26/h10-11,14-15,22H,5-9,12-13H2,1-4H3. The normalized spacial score (nSPS) is 17.4. The number of likely N-dealkylation sites (tertiary alicyclic amines) is 1. The fourth-order valence-electron chi connectivity index (χ4n) is 3.25. The van der Waals surface area contributed by atoms with Crippen LogP contribution in [0.3, 0.4) is 0 Å². The summed E-state index contributed by atoms with van der Waals surface area (Å²) in [5.74, 6) is 1.31. The van der Waals surface area contributed by atoms with Gasteiger partial charge in [-0.1, -0.05) is 25.4 Å². The first-order chi connectivity index (χ1) is 13.6. The van der Waals surface area contributed by atoms with E-state index in [1.807, 2.05) is 0 Å². The average molecular weight is 447 g/mol. The molecule has 1 aromatic rings. The number of benzene rings is 1. The summed E-state index contributed by atoms with van der Waals surface area (Å²) in [6, 6.07) is 3.26. The van der Waals surface area contributed by atoms with Crippen molar-refractivity contribution in [1.29, 1.82) is 0 Å². The van der Waals surface area contributed by atoms with Gasteiger partial charge in [0.05, 0.1) is 25.0 Å². The lowest BCUT2D eigenvalue weighted by Gasteiger charge is -2.33. The van der Waals surface area contributed by atoms with Crippen LogP contribution >= 0.6 is 11.6 Å². The van der Waals surface area contributed by atoms with Gasteiger partial charge in [-0.2, -0.15) is 0 Å². The predicted molar refractivity (Wildman–Crippen MR) is 114 cm³/mol. The van der Waals surface area contributed by atoms with E-state index >= 15 is 0 Å². The van der Waals surface area contributed by atoms with Crippen LogP contribution in [0.25, 0.3) is 0 Å². The van der Waals surface area contributed by atoms with Crippen LogP contribution < -0.4 is 14.2 Å². The molecule has 1 saturated heterocycles. The summed E-state index contributed by atoms with van der Waals surface area (Å²) in [4.78, 5) is 14.8. The van der Waals surface area contributed by atoms with E-state index in [-0.39, 0.29) is 11.8 Å². The number of nitrogens with zero attached hydrogens (tertiary/aromatic N) is 1. The fourth-order valence-corrected chi connectivity index (χ4v) is 4.05. The quantitative estimate of drug-likeness (QED) is 0.629. The SMILES string of the molecule is COc1cc(C(=O)N2CCCC(CNS(C)(=O)=O)C2)cc(Cl)c1OCCC(C)C. The van der Waals surface area contributed by atoms with Crippen molar-refractivity contribution in [1.82, 2.24) is 9.62 Å². The number of nitrogens with one attached hydrogen (secondary N) is 1. The van der Waals surface area contributed by atoms with Crippen LogP contribution in [0.2, 0.25) is 5.02 Å². The average Bonchev–Trinajstić information content (AvgIpc) is 2.66. The van der Waals surface area contributed by atoms with Gasteiger partial charge in [-0.15, -0.1) is 0 Å². The van der Waals surface area contributed by atoms with Crippen molar-refractivity contribution in [2.45, 2.75) is 33.1 Å². The highest BCUT2D eigenvalue weighted by Gasteiger charge is 2.26. The summed E-state index contributed by atoms with van der Waals surface area (Å²) in [7, 11) is -1.73. The minimum Gasteiger partial charge on any atom is -0.493 e. The van der Waals surface area contributed by atoms with Crippen LogP contribution in [0.4, 0.5) is 0 Å². The molecule has 0 aromatic heterocycles. The molecule has 1 fully saturated rings. The van der Waals surface area contributed by atoms with Gasteiger partial charge < -0.3 is 14.4 Å². The van der Waals surface area contributed by atoms with Crippen molar-refractivity contribution in [2.75, 3.05) is 39.6 Å². The topological polar surface area (TPSA) is 84.9 Å². The lowest BCUT2D eigenvalue weighted by molar-refractivity contribution is 0.0676. The molecule has 29 heavy (non-hydrogen) atoms. The van der Waals surface area contributed by atoms with Crippen LogP contribution in [-0.4, -0.2) is 58.8 Å². The maximum atomic E-state index is 13.0. The van der Waals surface area contributed by atoms with E-state index < -0.39 is 10.0 Å². The molecule has 7 nitrogen and oxygen atoms in total. The van der Waals surface area contributed by atoms with Gasteiger partial charge in [-0.3, -0.25) is 4.79 Å². The number of methoxy groups -OCH3 is 1. The summed E-state index contributed by atoms with van der Waals surface area (Å²) >= 11 is 6.39. The van der Waals surface area contributed by atoms with E-state index in [1.165, 1.54) is 7.11 Å². The van der Waals surface area contributed by atoms with E-state index in [4.69, 9.17) is 21.1 Å². The fraction of sp³-hybridized carbons (Fsp3) is 0.650. The Morgan fingerprint density at radius 1 is 1.38 bits per heavy atom. The highest BCUT2D eigenvalue weighted by atomic mass is 35.5. The lowest BCUT2D eigenvalue weighted by atomic mass is 9.97. The number of hydrogen-bond acceptors (Lipinski definition) is 5. The number of piperidine rings is 1. The zero-order valence-electron chi connectivity index (χ0n) is 17.5. The van der Waals surface area contributed by atoms with Crippen molar-refractivity contribution in [3.63, 3.8) is 0 Å². The Hall–Kier alpha value is -1.51. The van der Waals surface area contributed by atoms with Gasteiger partial charge in [-0.05, 0) is 43.2 Å². The third kappa shape index (κ3) is 7.35. The zero-order chi connectivity index (χ0) is 21.6. The Morgan fingerprint density at radius 2 is 2.10 bits per heavy atom. The van der Waals surface area contributed by atoms with Crippen molar-refractivity contribution in [3.8, 4) is 11.5 Å². The van der Waals surface area contributed by atoms with E-state index in [9.17, 15) is 13.2 Å². The summed E-state index contributed by atoms with van der Waals surface area (Å²) in [5.41, 5.74) is 0.430. The number of rotatable bonds is 9. The molecule has 1 aromatic carbocycles. The molecular formula is C20H31ClN2O5S. The molecule has 0 radical (unpaired) electrons. The second kappa shape index (κ2) is 10.5. The number of amides is 1. The molecule has 0 spiro atoms. The van der Waals surface area contributed by atoms with Gasteiger partial charge >= 0.3 is 0 Å². The molecule has 1 N–H and O–H groups in total. The molecule has 1 aliphatic heterocycles. The Labute approximate surface area is 178 Å². The van der Waals surface area contributed by atoms with E-state index in [2.05, 4.69) is 18.6 Å². The third-order valence-corrected chi connectivity index (χ3v) is 5.83. The maximum absolute atomic E-state index is 13.0. The predicted octanol–water partition coefficient (Wildman–Crippen LogP) is 3.17. The van der Waals surface area contributed by atoms with Crippen LogP contribution in [0, 0.1) is 11.8 Å². The number of carbonyl (C=O) groups is 1. The molecular weight excluding hydrogens is 416 g/mol.